The van der Waals surface area contributed by atoms with Crippen molar-refractivity contribution in [3.05, 3.63) is 0 Å². The molecule has 11 heavy (non-hydrogen) atoms. The largest absolute Gasteiger partial charge is 0.289 e. The number of nitrogens with one attached hydrogen (secondary N) is 1. The van der Waals surface area contributed by atoms with Crippen molar-refractivity contribution in [1.29, 1.82) is 0 Å². The molecule has 0 atom stereocenters. The average Bonchev–Trinajstić information content (AvgIpc) is 1.86. The van der Waals surface area contributed by atoms with Crippen molar-refractivity contribution >= 4 is 15.7 Å². The summed E-state index contributed by atoms with van der Waals surface area (Å²) in [6.45, 7) is 2.94. The van der Waals surface area contributed by atoms with Crippen LogP contribution in [-0.4, -0.2) is 30.5 Å². The molecular weight excluding hydrogens is 170 g/mol. The van der Waals surface area contributed by atoms with Crippen LogP contribution in [-0.2, 0) is 14.6 Å². The van der Waals surface area contributed by atoms with E-state index in [4.69, 9.17) is 5.21 Å². The van der Waals surface area contributed by atoms with Gasteiger partial charge in [0.15, 0.2) is 9.84 Å². The molecule has 0 aromatic rings. The Hall–Kier alpha value is -0.620. The van der Waals surface area contributed by atoms with E-state index in [-0.39, 0.29) is 0 Å². The SMILES string of the molecule is CC(C)S(=O)(=O)CC(=O)NO. The maximum atomic E-state index is 10.9. The molecule has 0 aliphatic rings. The first kappa shape index (κ1) is 10.4. The molecule has 66 valence electrons. The zero-order chi connectivity index (χ0) is 9.07. The lowest BCUT2D eigenvalue weighted by molar-refractivity contribution is -0.126. The summed E-state index contributed by atoms with van der Waals surface area (Å²) in [6, 6.07) is 0. The molecule has 0 aliphatic carbocycles. The van der Waals surface area contributed by atoms with Crippen LogP contribution in [0.15, 0.2) is 0 Å². The van der Waals surface area contributed by atoms with E-state index in [2.05, 4.69) is 0 Å². The summed E-state index contributed by atoms with van der Waals surface area (Å²) >= 11 is 0. The number of amides is 1. The fourth-order valence-electron chi connectivity index (χ4n) is 0.382. The predicted octanol–water partition coefficient (Wildman–Crippen LogP) is -0.685. The van der Waals surface area contributed by atoms with Crippen LogP contribution in [0.4, 0.5) is 0 Å². The van der Waals surface area contributed by atoms with Crippen LogP contribution >= 0.6 is 0 Å². The summed E-state index contributed by atoms with van der Waals surface area (Å²) in [7, 11) is -3.38. The fraction of sp³-hybridized carbons (Fsp3) is 0.800. The molecule has 0 radical (unpaired) electrons. The Kier molecular flexibility index (Phi) is 3.47. The van der Waals surface area contributed by atoms with E-state index < -0.39 is 26.7 Å². The second-order valence-corrected chi connectivity index (χ2v) is 4.95. The molecule has 0 saturated heterocycles. The number of carbonyl (C=O) groups is 1. The minimum Gasteiger partial charge on any atom is -0.289 e. The topological polar surface area (TPSA) is 83.5 Å². The summed E-state index contributed by atoms with van der Waals surface area (Å²) in [5, 5.41) is 7.42. The second kappa shape index (κ2) is 3.68. The van der Waals surface area contributed by atoms with E-state index in [0.29, 0.717) is 0 Å². The van der Waals surface area contributed by atoms with Gasteiger partial charge in [0.05, 0.1) is 5.25 Å². The van der Waals surface area contributed by atoms with Crippen molar-refractivity contribution in [3.8, 4) is 0 Å². The normalized spacial score (nSPS) is 11.6. The third-order valence-corrected chi connectivity index (χ3v) is 3.28. The Bertz CT molecular complexity index is 231. The van der Waals surface area contributed by atoms with Gasteiger partial charge in [0.1, 0.15) is 5.75 Å². The molecule has 0 aromatic heterocycles. The van der Waals surface area contributed by atoms with Crippen LogP contribution in [0, 0.1) is 0 Å². The molecule has 0 unspecified atom stereocenters. The van der Waals surface area contributed by atoms with E-state index in [1.165, 1.54) is 19.3 Å². The minimum absolute atomic E-state index is 0.597. The lowest BCUT2D eigenvalue weighted by Crippen LogP contribution is -2.31. The van der Waals surface area contributed by atoms with Crippen LogP contribution in [0.2, 0.25) is 0 Å². The minimum atomic E-state index is -3.38. The molecule has 5 nitrogen and oxygen atoms in total. The van der Waals surface area contributed by atoms with Crippen LogP contribution in [0.25, 0.3) is 0 Å². The van der Waals surface area contributed by atoms with Crippen LogP contribution in [0.3, 0.4) is 0 Å². The first-order chi connectivity index (χ1) is 4.90. The highest BCUT2D eigenvalue weighted by Crippen LogP contribution is 1.99. The molecular formula is C5H11NO4S. The fourth-order valence-corrected chi connectivity index (χ4v) is 1.15. The molecule has 0 bridgehead atoms. The number of hydrogen-bond donors (Lipinski definition) is 2. The van der Waals surface area contributed by atoms with Crippen LogP contribution in [0.1, 0.15) is 13.8 Å². The van der Waals surface area contributed by atoms with Crippen molar-refractivity contribution in [2.45, 2.75) is 19.1 Å². The first-order valence-electron chi connectivity index (χ1n) is 3.04. The second-order valence-electron chi connectivity index (χ2n) is 2.39. The molecule has 0 aromatic carbocycles. The third-order valence-electron chi connectivity index (χ3n) is 1.18. The first-order valence-corrected chi connectivity index (χ1v) is 4.76. The molecule has 0 rings (SSSR count). The maximum Gasteiger partial charge on any atom is 0.258 e. The van der Waals surface area contributed by atoms with Gasteiger partial charge < -0.3 is 0 Å². The van der Waals surface area contributed by atoms with Gasteiger partial charge in [0, 0.05) is 0 Å². The summed E-state index contributed by atoms with van der Waals surface area (Å²) in [5.41, 5.74) is 1.26. The van der Waals surface area contributed by atoms with Gasteiger partial charge in [-0.1, -0.05) is 0 Å². The van der Waals surface area contributed by atoms with Gasteiger partial charge in [0.25, 0.3) is 5.91 Å². The Morgan fingerprint density at radius 1 is 1.55 bits per heavy atom. The highest BCUT2D eigenvalue weighted by Gasteiger charge is 2.19. The molecule has 0 fully saturated rings. The Morgan fingerprint density at radius 2 is 2.00 bits per heavy atom. The maximum absolute atomic E-state index is 10.9. The Labute approximate surface area is 65.3 Å². The quantitative estimate of drug-likeness (QED) is 0.446. The lowest BCUT2D eigenvalue weighted by atomic mass is 10.6. The van der Waals surface area contributed by atoms with Gasteiger partial charge in [-0.05, 0) is 13.8 Å². The summed E-state index contributed by atoms with van der Waals surface area (Å²) < 4.78 is 21.9. The molecule has 2 N–H and O–H groups in total. The van der Waals surface area contributed by atoms with Gasteiger partial charge in [-0.15, -0.1) is 0 Å². The monoisotopic (exact) mass is 181 g/mol. The molecule has 0 spiro atoms. The number of rotatable bonds is 3. The Balaban J connectivity index is 4.27. The molecule has 0 heterocycles. The zero-order valence-corrected chi connectivity index (χ0v) is 7.18. The number of hydroxylamine groups is 1. The van der Waals surface area contributed by atoms with E-state index in [0.717, 1.165) is 0 Å². The number of hydrogen-bond acceptors (Lipinski definition) is 4. The van der Waals surface area contributed by atoms with Crippen molar-refractivity contribution in [2.24, 2.45) is 0 Å². The molecule has 1 amide bonds. The number of carbonyl (C=O) groups excluding carboxylic acids is 1. The highest BCUT2D eigenvalue weighted by molar-refractivity contribution is 7.92. The van der Waals surface area contributed by atoms with Gasteiger partial charge in [-0.25, -0.2) is 13.9 Å². The lowest BCUT2D eigenvalue weighted by Gasteiger charge is -2.04. The van der Waals surface area contributed by atoms with E-state index in [1.54, 1.807) is 0 Å². The predicted molar refractivity (Wildman–Crippen MR) is 38.9 cm³/mol. The van der Waals surface area contributed by atoms with Gasteiger partial charge in [-0.2, -0.15) is 0 Å². The van der Waals surface area contributed by atoms with Gasteiger partial charge in [-0.3, -0.25) is 10.0 Å². The van der Waals surface area contributed by atoms with Crippen molar-refractivity contribution in [1.82, 2.24) is 5.48 Å². The summed E-state index contributed by atoms with van der Waals surface area (Å²) in [5.74, 6) is -1.57. The highest BCUT2D eigenvalue weighted by atomic mass is 32.2. The standard InChI is InChI=1S/C5H11NO4S/c1-4(2)11(9,10)3-5(7)6-8/h4,8H,3H2,1-2H3,(H,6,7). The van der Waals surface area contributed by atoms with Gasteiger partial charge >= 0.3 is 0 Å². The van der Waals surface area contributed by atoms with E-state index >= 15 is 0 Å². The van der Waals surface area contributed by atoms with E-state index in [1.807, 2.05) is 0 Å². The van der Waals surface area contributed by atoms with Crippen molar-refractivity contribution in [3.63, 3.8) is 0 Å². The van der Waals surface area contributed by atoms with Gasteiger partial charge in [0.2, 0.25) is 0 Å². The van der Waals surface area contributed by atoms with Crippen LogP contribution in [0.5, 0.6) is 0 Å². The van der Waals surface area contributed by atoms with Crippen molar-refractivity contribution < 1.29 is 18.4 Å². The third kappa shape index (κ3) is 3.33. The molecule has 0 aliphatic heterocycles. The zero-order valence-electron chi connectivity index (χ0n) is 6.36. The Morgan fingerprint density at radius 3 is 2.27 bits per heavy atom. The molecule has 0 saturated carbocycles. The smallest absolute Gasteiger partial charge is 0.258 e. The van der Waals surface area contributed by atoms with Crippen molar-refractivity contribution in [2.75, 3.05) is 5.75 Å². The van der Waals surface area contributed by atoms with Crippen LogP contribution < -0.4 is 5.48 Å². The average molecular weight is 181 g/mol. The summed E-state index contributed by atoms with van der Waals surface area (Å²) in [4.78, 5) is 10.4. The molecule has 6 heteroatoms. The number of sulfone groups is 1. The van der Waals surface area contributed by atoms with E-state index in [9.17, 15) is 13.2 Å². The summed E-state index contributed by atoms with van der Waals surface area (Å²) in [6.07, 6.45) is 0.